The van der Waals surface area contributed by atoms with Crippen LogP contribution in [-0.4, -0.2) is 20.4 Å². The molecule has 0 heterocycles. The average Bonchev–Trinajstić information content (AvgIpc) is 2.30. The van der Waals surface area contributed by atoms with Crippen LogP contribution < -0.4 is 10.5 Å². The third-order valence-electron chi connectivity index (χ3n) is 2.66. The first-order valence-electron chi connectivity index (χ1n) is 5.99. The maximum atomic E-state index is 12.1. The molecule has 112 valence electrons. The molecule has 0 aliphatic rings. The van der Waals surface area contributed by atoms with E-state index in [9.17, 15) is 13.2 Å². The van der Waals surface area contributed by atoms with Gasteiger partial charge in [0.1, 0.15) is 0 Å². The van der Waals surface area contributed by atoms with Crippen LogP contribution in [-0.2, 0) is 10.0 Å². The van der Waals surface area contributed by atoms with Crippen LogP contribution in [0, 0.1) is 0 Å². The third-order valence-corrected chi connectivity index (χ3v) is 5.24. The number of benzene rings is 1. The number of nitrogens with one attached hydrogen (secondary N) is 1. The Bertz CT molecular complexity index is 619. The van der Waals surface area contributed by atoms with Crippen LogP contribution in [0.5, 0.6) is 0 Å². The minimum absolute atomic E-state index is 0.00661. The Morgan fingerprint density at radius 3 is 2.60 bits per heavy atom. The number of hydrogen-bond donors (Lipinski definition) is 2. The lowest BCUT2D eigenvalue weighted by atomic mass is 10.1. The molecule has 1 atom stereocenters. The fourth-order valence-electron chi connectivity index (χ4n) is 1.71. The number of carbonyl (C=O) groups is 1. The van der Waals surface area contributed by atoms with Gasteiger partial charge >= 0.3 is 0 Å². The summed E-state index contributed by atoms with van der Waals surface area (Å²) in [5, 5.41) is 7.99. The number of halogens is 2. The molecular formula is C12H16BrClN2O3S. The first kappa shape index (κ1) is 17.4. The van der Waals surface area contributed by atoms with E-state index in [-0.39, 0.29) is 31.9 Å². The van der Waals surface area contributed by atoms with Gasteiger partial charge in [-0.1, -0.05) is 24.9 Å². The predicted octanol–water partition coefficient (Wildman–Crippen LogP) is 2.67. The van der Waals surface area contributed by atoms with Gasteiger partial charge in [-0.3, -0.25) is 4.79 Å². The Hall–Kier alpha value is -0.630. The van der Waals surface area contributed by atoms with Gasteiger partial charge in [-0.25, -0.2) is 13.6 Å². The molecule has 0 aliphatic carbocycles. The van der Waals surface area contributed by atoms with Crippen molar-refractivity contribution < 1.29 is 13.2 Å². The Kier molecular flexibility index (Phi) is 6.00. The van der Waals surface area contributed by atoms with Crippen molar-refractivity contribution in [3.8, 4) is 0 Å². The normalized spacial score (nSPS) is 13.1. The Balaban J connectivity index is 3.15. The molecule has 8 heteroatoms. The second kappa shape index (κ2) is 6.89. The summed E-state index contributed by atoms with van der Waals surface area (Å²) in [6.07, 6.45) is 1.77. The van der Waals surface area contributed by atoms with Gasteiger partial charge in [0.2, 0.25) is 10.0 Å². The van der Waals surface area contributed by atoms with Gasteiger partial charge in [-0.2, -0.15) is 0 Å². The highest BCUT2D eigenvalue weighted by Gasteiger charge is 2.19. The molecule has 0 fully saturated rings. The predicted molar refractivity (Wildman–Crippen MR) is 82.4 cm³/mol. The van der Waals surface area contributed by atoms with E-state index in [1.165, 1.54) is 12.1 Å². The maximum absolute atomic E-state index is 12.1. The zero-order chi connectivity index (χ0) is 15.5. The van der Waals surface area contributed by atoms with Gasteiger partial charge in [-0.15, -0.1) is 0 Å². The van der Waals surface area contributed by atoms with E-state index in [1.807, 2.05) is 13.8 Å². The second-order valence-electron chi connectivity index (χ2n) is 4.48. The molecule has 1 aromatic rings. The minimum atomic E-state index is -3.96. The van der Waals surface area contributed by atoms with Crippen molar-refractivity contribution in [2.45, 2.75) is 37.6 Å². The summed E-state index contributed by atoms with van der Waals surface area (Å²) in [5.74, 6) is -0.384. The number of rotatable bonds is 5. The summed E-state index contributed by atoms with van der Waals surface area (Å²) in [4.78, 5) is 11.8. The fourth-order valence-corrected chi connectivity index (χ4v) is 3.55. The van der Waals surface area contributed by atoms with Crippen LogP contribution >= 0.6 is 27.5 Å². The van der Waals surface area contributed by atoms with Crippen LogP contribution in [0.1, 0.15) is 37.0 Å². The summed E-state index contributed by atoms with van der Waals surface area (Å²) >= 11 is 8.97. The standard InChI is InChI=1S/C12H16BrClN2O3S/c1-3-4-7(2)16-12(17)8-5-9(14)11(13)10(6-8)20(15,18)19/h5-7H,3-4H2,1-2H3,(H,16,17)(H2,15,18,19). The maximum Gasteiger partial charge on any atom is 0.251 e. The van der Waals surface area contributed by atoms with Crippen molar-refractivity contribution >= 4 is 43.5 Å². The van der Waals surface area contributed by atoms with Gasteiger partial charge in [0.25, 0.3) is 5.91 Å². The molecule has 0 saturated carbocycles. The zero-order valence-electron chi connectivity index (χ0n) is 11.1. The number of carbonyl (C=O) groups excluding carboxylic acids is 1. The molecule has 5 nitrogen and oxygen atoms in total. The molecule has 0 aromatic heterocycles. The quantitative estimate of drug-likeness (QED) is 0.819. The van der Waals surface area contributed by atoms with Crippen molar-refractivity contribution in [2.75, 3.05) is 0 Å². The fraction of sp³-hybridized carbons (Fsp3) is 0.417. The molecule has 1 unspecified atom stereocenters. The molecule has 0 aliphatic heterocycles. The molecule has 1 amide bonds. The van der Waals surface area contributed by atoms with Crippen molar-refractivity contribution in [3.63, 3.8) is 0 Å². The molecular weight excluding hydrogens is 368 g/mol. The van der Waals surface area contributed by atoms with E-state index in [0.29, 0.717) is 0 Å². The molecule has 0 spiro atoms. The van der Waals surface area contributed by atoms with Crippen LogP contribution in [0.2, 0.25) is 5.02 Å². The molecule has 0 radical (unpaired) electrons. The number of primary sulfonamides is 1. The van der Waals surface area contributed by atoms with Crippen LogP contribution in [0.25, 0.3) is 0 Å². The van der Waals surface area contributed by atoms with Crippen LogP contribution in [0.15, 0.2) is 21.5 Å². The highest BCUT2D eigenvalue weighted by atomic mass is 79.9. The second-order valence-corrected chi connectivity index (χ2v) is 7.21. The monoisotopic (exact) mass is 382 g/mol. The number of nitrogens with two attached hydrogens (primary N) is 1. The van der Waals surface area contributed by atoms with Gasteiger partial charge < -0.3 is 5.32 Å². The molecule has 0 bridgehead atoms. The van der Waals surface area contributed by atoms with E-state index in [2.05, 4.69) is 21.2 Å². The molecule has 20 heavy (non-hydrogen) atoms. The lowest BCUT2D eigenvalue weighted by Gasteiger charge is -2.14. The smallest absolute Gasteiger partial charge is 0.251 e. The van der Waals surface area contributed by atoms with E-state index in [1.54, 1.807) is 0 Å². The minimum Gasteiger partial charge on any atom is -0.350 e. The van der Waals surface area contributed by atoms with Gasteiger partial charge in [0.15, 0.2) is 0 Å². The zero-order valence-corrected chi connectivity index (χ0v) is 14.3. The van der Waals surface area contributed by atoms with E-state index in [0.717, 1.165) is 12.8 Å². The average molecular weight is 384 g/mol. The third kappa shape index (κ3) is 4.44. The van der Waals surface area contributed by atoms with Crippen LogP contribution in [0.3, 0.4) is 0 Å². The molecule has 1 aromatic carbocycles. The van der Waals surface area contributed by atoms with Crippen molar-refractivity contribution in [3.05, 3.63) is 27.2 Å². The Morgan fingerprint density at radius 1 is 1.50 bits per heavy atom. The Morgan fingerprint density at radius 2 is 2.10 bits per heavy atom. The lowest BCUT2D eigenvalue weighted by molar-refractivity contribution is 0.0938. The Labute approximate surface area is 132 Å². The highest BCUT2D eigenvalue weighted by Crippen LogP contribution is 2.30. The number of hydrogen-bond acceptors (Lipinski definition) is 3. The van der Waals surface area contributed by atoms with Gasteiger partial charge in [-0.05, 0) is 41.4 Å². The van der Waals surface area contributed by atoms with E-state index >= 15 is 0 Å². The summed E-state index contributed by atoms with van der Waals surface area (Å²) < 4.78 is 23.1. The van der Waals surface area contributed by atoms with E-state index < -0.39 is 10.0 Å². The lowest BCUT2D eigenvalue weighted by Crippen LogP contribution is -2.32. The first-order valence-corrected chi connectivity index (χ1v) is 8.71. The highest BCUT2D eigenvalue weighted by molar-refractivity contribution is 9.10. The largest absolute Gasteiger partial charge is 0.350 e. The molecule has 3 N–H and O–H groups in total. The van der Waals surface area contributed by atoms with Gasteiger partial charge in [0, 0.05) is 11.6 Å². The summed E-state index contributed by atoms with van der Waals surface area (Å²) in [6.45, 7) is 3.89. The van der Waals surface area contributed by atoms with Crippen molar-refractivity contribution in [2.24, 2.45) is 5.14 Å². The summed E-state index contributed by atoms with van der Waals surface area (Å²) in [5.41, 5.74) is 0.158. The topological polar surface area (TPSA) is 89.3 Å². The van der Waals surface area contributed by atoms with Crippen LogP contribution in [0.4, 0.5) is 0 Å². The number of amides is 1. The SMILES string of the molecule is CCCC(C)NC(=O)c1cc(Cl)c(Br)c(S(N)(=O)=O)c1. The summed E-state index contributed by atoms with van der Waals surface area (Å²) in [6, 6.07) is 2.60. The van der Waals surface area contributed by atoms with Crippen molar-refractivity contribution in [1.82, 2.24) is 5.32 Å². The first-order chi connectivity index (χ1) is 9.16. The summed E-state index contributed by atoms with van der Waals surface area (Å²) in [7, 11) is -3.96. The molecule has 1 rings (SSSR count). The van der Waals surface area contributed by atoms with Gasteiger partial charge in [0.05, 0.1) is 14.4 Å². The molecule has 0 saturated heterocycles. The van der Waals surface area contributed by atoms with Crippen molar-refractivity contribution in [1.29, 1.82) is 0 Å². The van der Waals surface area contributed by atoms with E-state index in [4.69, 9.17) is 16.7 Å². The number of sulfonamides is 1.